The number of fused-ring (bicyclic) bond motifs is 1. The number of hydrogen-bond acceptors (Lipinski definition) is 0. The van der Waals surface area contributed by atoms with Crippen molar-refractivity contribution in [1.82, 2.24) is 4.98 Å². The Balaban J connectivity index is 2.24. The molecule has 0 saturated carbocycles. The van der Waals surface area contributed by atoms with E-state index < -0.39 is 35.0 Å². The van der Waals surface area contributed by atoms with Gasteiger partial charge in [0.25, 0.3) is 6.43 Å². The average Bonchev–Trinajstić information content (AvgIpc) is 2.77. The van der Waals surface area contributed by atoms with Crippen LogP contribution in [0, 0.1) is 24.4 Å². The molecule has 1 N–H and O–H groups in total. The molecule has 0 saturated heterocycles. The van der Waals surface area contributed by atoms with Crippen molar-refractivity contribution in [3.05, 3.63) is 59.0 Å². The lowest BCUT2D eigenvalue weighted by Gasteiger charge is -2.09. The van der Waals surface area contributed by atoms with E-state index in [1.807, 2.05) is 0 Å². The smallest absolute Gasteiger partial charge is 0.264 e. The first-order valence-corrected chi connectivity index (χ1v) is 6.43. The number of hydrogen-bond donors (Lipinski definition) is 1. The molecule has 0 atom stereocenters. The molecule has 2 aromatic carbocycles. The fourth-order valence-corrected chi connectivity index (χ4v) is 2.47. The van der Waals surface area contributed by atoms with Crippen molar-refractivity contribution in [1.29, 1.82) is 0 Å². The summed E-state index contributed by atoms with van der Waals surface area (Å²) in [6.07, 6.45) is -3.00. The Morgan fingerprint density at radius 3 is 2.09 bits per heavy atom. The van der Waals surface area contributed by atoms with Crippen LogP contribution in [0.4, 0.5) is 22.0 Å². The van der Waals surface area contributed by atoms with Crippen molar-refractivity contribution in [3.63, 3.8) is 0 Å². The molecule has 3 aromatic rings. The number of nitrogens with one attached hydrogen (secondary N) is 1. The maximum Gasteiger partial charge on any atom is 0.264 e. The van der Waals surface area contributed by atoms with Crippen molar-refractivity contribution in [3.8, 4) is 11.1 Å². The molecule has 0 aliphatic carbocycles. The van der Waals surface area contributed by atoms with Gasteiger partial charge in [-0.15, -0.1) is 0 Å². The van der Waals surface area contributed by atoms with Crippen LogP contribution in [0.1, 0.15) is 17.7 Å². The molecular formula is C16H10F5N. The number of aromatic nitrogens is 1. The van der Waals surface area contributed by atoms with Gasteiger partial charge >= 0.3 is 0 Å². The monoisotopic (exact) mass is 311 g/mol. The van der Waals surface area contributed by atoms with Gasteiger partial charge in [0.1, 0.15) is 17.5 Å². The molecule has 1 aromatic heterocycles. The van der Waals surface area contributed by atoms with E-state index in [9.17, 15) is 22.0 Å². The number of rotatable bonds is 2. The van der Waals surface area contributed by atoms with Gasteiger partial charge in [-0.05, 0) is 37.3 Å². The van der Waals surface area contributed by atoms with Crippen molar-refractivity contribution in [2.75, 3.05) is 0 Å². The molecular weight excluding hydrogens is 301 g/mol. The van der Waals surface area contributed by atoms with Crippen molar-refractivity contribution >= 4 is 10.9 Å². The topological polar surface area (TPSA) is 15.8 Å². The van der Waals surface area contributed by atoms with Gasteiger partial charge in [-0.2, -0.15) is 0 Å². The van der Waals surface area contributed by atoms with Gasteiger partial charge in [0, 0.05) is 27.7 Å². The predicted octanol–water partition coefficient (Wildman–Crippen LogP) is 5.50. The second kappa shape index (κ2) is 5.12. The van der Waals surface area contributed by atoms with Crippen LogP contribution in [0.15, 0.2) is 30.3 Å². The second-order valence-corrected chi connectivity index (χ2v) is 5.03. The third kappa shape index (κ3) is 2.34. The highest BCUT2D eigenvalue weighted by Gasteiger charge is 2.20. The predicted molar refractivity (Wildman–Crippen MR) is 73.3 cm³/mol. The highest BCUT2D eigenvalue weighted by Crippen LogP contribution is 2.34. The molecule has 0 aliphatic heterocycles. The van der Waals surface area contributed by atoms with Gasteiger partial charge in [-0.25, -0.2) is 22.0 Å². The highest BCUT2D eigenvalue weighted by molar-refractivity contribution is 5.86. The minimum Gasteiger partial charge on any atom is -0.359 e. The van der Waals surface area contributed by atoms with Gasteiger partial charge in [0.2, 0.25) is 0 Å². The standard InChI is InChI=1S/C16H10F5N/c1-7-2-8-3-11(17)10(6-14(8)22-7)15-12(18)4-9(16(20)21)5-13(15)19/h2-6,16,22H,1H3. The number of alkyl halides is 2. The molecule has 3 rings (SSSR count). The van der Waals surface area contributed by atoms with Crippen molar-refractivity contribution in [2.45, 2.75) is 13.3 Å². The summed E-state index contributed by atoms with van der Waals surface area (Å²) < 4.78 is 67.2. The van der Waals surface area contributed by atoms with E-state index in [1.54, 1.807) is 13.0 Å². The van der Waals surface area contributed by atoms with E-state index in [-0.39, 0.29) is 5.56 Å². The zero-order valence-corrected chi connectivity index (χ0v) is 11.4. The first kappa shape index (κ1) is 14.6. The van der Waals surface area contributed by atoms with Crippen molar-refractivity contribution < 1.29 is 22.0 Å². The van der Waals surface area contributed by atoms with Crippen LogP contribution in [0.3, 0.4) is 0 Å². The van der Waals surface area contributed by atoms with Crippen LogP contribution in [-0.2, 0) is 0 Å². The molecule has 0 unspecified atom stereocenters. The molecule has 0 aliphatic rings. The second-order valence-electron chi connectivity index (χ2n) is 5.03. The maximum atomic E-state index is 14.1. The largest absolute Gasteiger partial charge is 0.359 e. The summed E-state index contributed by atoms with van der Waals surface area (Å²) in [6, 6.07) is 5.14. The lowest BCUT2D eigenvalue weighted by molar-refractivity contribution is 0.150. The highest BCUT2D eigenvalue weighted by atomic mass is 19.3. The van der Waals surface area contributed by atoms with E-state index in [1.165, 1.54) is 6.07 Å². The average molecular weight is 311 g/mol. The quantitative estimate of drug-likeness (QED) is 0.602. The summed E-state index contributed by atoms with van der Waals surface area (Å²) >= 11 is 0. The van der Waals surface area contributed by atoms with Crippen LogP contribution in [0.25, 0.3) is 22.0 Å². The third-order valence-electron chi connectivity index (χ3n) is 3.43. The zero-order chi connectivity index (χ0) is 16.0. The molecule has 0 bridgehead atoms. The summed E-state index contributed by atoms with van der Waals surface area (Å²) in [5, 5.41) is 0.559. The molecule has 0 spiro atoms. The van der Waals surface area contributed by atoms with E-state index in [0.717, 1.165) is 11.8 Å². The molecule has 1 heterocycles. The van der Waals surface area contributed by atoms with Crippen LogP contribution >= 0.6 is 0 Å². The van der Waals surface area contributed by atoms with Crippen LogP contribution in [0.2, 0.25) is 0 Å². The number of aryl methyl sites for hydroxylation is 1. The summed E-state index contributed by atoms with van der Waals surface area (Å²) in [5.41, 5.74) is -0.483. The summed E-state index contributed by atoms with van der Waals surface area (Å²) in [4.78, 5) is 2.93. The van der Waals surface area contributed by atoms with Gasteiger partial charge in [-0.1, -0.05) is 0 Å². The summed E-state index contributed by atoms with van der Waals surface area (Å²) in [5.74, 6) is -3.28. The van der Waals surface area contributed by atoms with E-state index in [2.05, 4.69) is 4.98 Å². The van der Waals surface area contributed by atoms with Gasteiger partial charge < -0.3 is 4.98 Å². The van der Waals surface area contributed by atoms with Gasteiger partial charge in [0.15, 0.2) is 0 Å². The SMILES string of the molecule is Cc1cc2cc(F)c(-c3c(F)cc(C(F)F)cc3F)cc2[nH]1. The summed E-state index contributed by atoms with van der Waals surface area (Å²) in [7, 11) is 0. The fourth-order valence-electron chi connectivity index (χ4n) is 2.47. The lowest BCUT2D eigenvalue weighted by atomic mass is 10.0. The van der Waals surface area contributed by atoms with E-state index in [0.29, 0.717) is 23.0 Å². The molecule has 0 radical (unpaired) electrons. The summed E-state index contributed by atoms with van der Waals surface area (Å²) in [6.45, 7) is 1.76. The number of benzene rings is 2. The van der Waals surface area contributed by atoms with Crippen molar-refractivity contribution in [2.24, 2.45) is 0 Å². The van der Waals surface area contributed by atoms with E-state index in [4.69, 9.17) is 0 Å². The Morgan fingerprint density at radius 2 is 1.50 bits per heavy atom. The minimum atomic E-state index is -3.00. The number of halogens is 5. The third-order valence-corrected chi connectivity index (χ3v) is 3.43. The number of H-pyrrole nitrogens is 1. The first-order chi connectivity index (χ1) is 10.4. The Labute approximate surface area is 122 Å². The Morgan fingerprint density at radius 1 is 0.864 bits per heavy atom. The molecule has 0 amide bonds. The Kier molecular flexibility index (Phi) is 3.39. The Bertz CT molecular complexity index is 843. The Hall–Kier alpha value is -2.37. The fraction of sp³-hybridized carbons (Fsp3) is 0.125. The van der Waals surface area contributed by atoms with Gasteiger partial charge in [0.05, 0.1) is 5.56 Å². The minimum absolute atomic E-state index is 0.315. The molecule has 6 heteroatoms. The number of aromatic amines is 1. The van der Waals surface area contributed by atoms with Crippen LogP contribution in [-0.4, -0.2) is 4.98 Å². The zero-order valence-electron chi connectivity index (χ0n) is 11.4. The van der Waals surface area contributed by atoms with Crippen LogP contribution < -0.4 is 0 Å². The van der Waals surface area contributed by atoms with E-state index >= 15 is 0 Å². The molecule has 0 fully saturated rings. The normalized spacial score (nSPS) is 11.6. The maximum absolute atomic E-state index is 14.1. The van der Waals surface area contributed by atoms with Crippen LogP contribution in [0.5, 0.6) is 0 Å². The molecule has 114 valence electrons. The van der Waals surface area contributed by atoms with Gasteiger partial charge in [-0.3, -0.25) is 0 Å². The molecule has 1 nitrogen and oxygen atoms in total. The first-order valence-electron chi connectivity index (χ1n) is 6.43. The molecule has 22 heavy (non-hydrogen) atoms. The lowest BCUT2D eigenvalue weighted by Crippen LogP contribution is -1.97.